The van der Waals surface area contributed by atoms with Crippen LogP contribution in [0.1, 0.15) is 29.1 Å². The molecular weight excluding hydrogens is 186 g/mol. The van der Waals surface area contributed by atoms with Crippen molar-refractivity contribution < 1.29 is 9.90 Å². The average molecular weight is 199 g/mol. The molecule has 0 radical (unpaired) electrons. The van der Waals surface area contributed by atoms with E-state index in [1.54, 1.807) is 11.3 Å². The number of aliphatic carboxylic acids is 1. The van der Waals surface area contributed by atoms with Crippen LogP contribution in [0.3, 0.4) is 0 Å². The summed E-state index contributed by atoms with van der Waals surface area (Å²) in [6.45, 7) is 2.07. The summed E-state index contributed by atoms with van der Waals surface area (Å²) in [5.41, 5.74) is 5.69. The summed E-state index contributed by atoms with van der Waals surface area (Å²) >= 11 is 1.59. The predicted octanol–water partition coefficient (Wildman–Crippen LogP) is 1.78. The summed E-state index contributed by atoms with van der Waals surface area (Å²) in [4.78, 5) is 12.6. The fraction of sp³-hybridized carbons (Fsp3) is 0.444. The second kappa shape index (κ2) is 4.39. The molecule has 0 spiro atoms. The van der Waals surface area contributed by atoms with Crippen LogP contribution in [-0.4, -0.2) is 11.1 Å². The van der Waals surface area contributed by atoms with Gasteiger partial charge in [0.25, 0.3) is 0 Å². The average Bonchev–Trinajstić information content (AvgIpc) is 2.50. The number of hydrogen-bond acceptors (Lipinski definition) is 3. The van der Waals surface area contributed by atoms with Gasteiger partial charge in [-0.3, -0.25) is 4.79 Å². The van der Waals surface area contributed by atoms with Crippen LogP contribution in [0.25, 0.3) is 0 Å². The first-order valence-corrected chi connectivity index (χ1v) is 5.01. The number of thiophene rings is 1. The summed E-state index contributed by atoms with van der Waals surface area (Å²) in [7, 11) is 0. The van der Waals surface area contributed by atoms with Gasteiger partial charge >= 0.3 is 5.97 Å². The third-order valence-corrected chi connectivity index (χ3v) is 3.15. The van der Waals surface area contributed by atoms with Gasteiger partial charge in [0.15, 0.2) is 0 Å². The lowest BCUT2D eigenvalue weighted by atomic mass is 10.2. The Bertz CT molecular complexity index is 296. The Morgan fingerprint density at radius 2 is 2.38 bits per heavy atom. The lowest BCUT2D eigenvalue weighted by Gasteiger charge is -2.04. The normalized spacial score (nSPS) is 12.8. The zero-order chi connectivity index (χ0) is 9.84. The van der Waals surface area contributed by atoms with Gasteiger partial charge in [-0.25, -0.2) is 0 Å². The largest absolute Gasteiger partial charge is 0.481 e. The molecule has 1 aromatic rings. The van der Waals surface area contributed by atoms with Crippen molar-refractivity contribution in [3.8, 4) is 0 Å². The summed E-state index contributed by atoms with van der Waals surface area (Å²) < 4.78 is 0. The molecule has 3 N–H and O–H groups in total. The minimum atomic E-state index is -0.848. The number of hydrogen-bond donors (Lipinski definition) is 2. The zero-order valence-corrected chi connectivity index (χ0v) is 8.30. The third kappa shape index (κ3) is 2.82. The molecule has 1 heterocycles. The fourth-order valence-corrected chi connectivity index (χ4v) is 2.03. The second-order valence-electron chi connectivity index (χ2n) is 2.86. The number of carboxylic acid groups (broad SMARTS) is 1. The van der Waals surface area contributed by atoms with Gasteiger partial charge in [-0.05, 0) is 18.6 Å². The number of rotatable bonds is 4. The van der Waals surface area contributed by atoms with Crippen LogP contribution in [0.15, 0.2) is 12.1 Å². The SMILES string of the molecule is CCc1ccc([C@H](N)CC(=O)O)s1. The zero-order valence-electron chi connectivity index (χ0n) is 7.49. The van der Waals surface area contributed by atoms with Crippen molar-refractivity contribution in [3.63, 3.8) is 0 Å². The summed E-state index contributed by atoms with van der Waals surface area (Å²) in [5, 5.41) is 8.53. The van der Waals surface area contributed by atoms with E-state index >= 15 is 0 Å². The molecule has 0 aliphatic rings. The third-order valence-electron chi connectivity index (χ3n) is 1.79. The van der Waals surface area contributed by atoms with E-state index in [4.69, 9.17) is 10.8 Å². The second-order valence-corrected chi connectivity index (χ2v) is 4.06. The van der Waals surface area contributed by atoms with Crippen LogP contribution >= 0.6 is 11.3 Å². The Hall–Kier alpha value is -0.870. The van der Waals surface area contributed by atoms with E-state index in [9.17, 15) is 4.79 Å². The minimum absolute atomic E-state index is 0.00364. The lowest BCUT2D eigenvalue weighted by Crippen LogP contribution is -2.13. The van der Waals surface area contributed by atoms with E-state index < -0.39 is 5.97 Å². The summed E-state index contributed by atoms with van der Waals surface area (Å²) in [5.74, 6) is -0.848. The van der Waals surface area contributed by atoms with Gasteiger partial charge in [0.1, 0.15) is 0 Å². The quantitative estimate of drug-likeness (QED) is 0.777. The molecule has 0 bridgehead atoms. The predicted molar refractivity (Wildman–Crippen MR) is 52.9 cm³/mol. The highest BCUT2D eigenvalue weighted by Gasteiger charge is 2.12. The van der Waals surface area contributed by atoms with Crippen LogP contribution in [0.4, 0.5) is 0 Å². The molecule has 0 aromatic carbocycles. The van der Waals surface area contributed by atoms with Crippen LogP contribution in [0.5, 0.6) is 0 Å². The minimum Gasteiger partial charge on any atom is -0.481 e. The van der Waals surface area contributed by atoms with Gasteiger partial charge in [0.05, 0.1) is 6.42 Å². The topological polar surface area (TPSA) is 63.3 Å². The van der Waals surface area contributed by atoms with Gasteiger partial charge in [-0.15, -0.1) is 11.3 Å². The number of carbonyl (C=O) groups is 1. The van der Waals surface area contributed by atoms with E-state index in [1.807, 2.05) is 12.1 Å². The molecule has 0 aliphatic heterocycles. The highest BCUT2D eigenvalue weighted by molar-refractivity contribution is 7.12. The molecule has 1 atom stereocenters. The lowest BCUT2D eigenvalue weighted by molar-refractivity contribution is -0.137. The molecule has 0 saturated carbocycles. The fourth-order valence-electron chi connectivity index (χ4n) is 1.07. The van der Waals surface area contributed by atoms with Crippen LogP contribution in [0, 0.1) is 0 Å². The first kappa shape index (κ1) is 10.2. The van der Waals surface area contributed by atoms with E-state index in [2.05, 4.69) is 6.92 Å². The number of aryl methyl sites for hydroxylation is 1. The highest BCUT2D eigenvalue weighted by Crippen LogP contribution is 2.23. The van der Waals surface area contributed by atoms with E-state index in [0.29, 0.717) is 0 Å². The molecule has 0 fully saturated rings. The Balaban J connectivity index is 2.65. The molecular formula is C9H13NO2S. The van der Waals surface area contributed by atoms with Crippen molar-refractivity contribution in [3.05, 3.63) is 21.9 Å². The monoisotopic (exact) mass is 199 g/mol. The van der Waals surface area contributed by atoms with Crippen LogP contribution < -0.4 is 5.73 Å². The van der Waals surface area contributed by atoms with E-state index in [-0.39, 0.29) is 12.5 Å². The molecule has 13 heavy (non-hydrogen) atoms. The van der Waals surface area contributed by atoms with Crippen molar-refractivity contribution in [1.29, 1.82) is 0 Å². The van der Waals surface area contributed by atoms with Gasteiger partial charge < -0.3 is 10.8 Å². The van der Waals surface area contributed by atoms with Crippen molar-refractivity contribution >= 4 is 17.3 Å². The van der Waals surface area contributed by atoms with Gasteiger partial charge in [0, 0.05) is 15.8 Å². The maximum Gasteiger partial charge on any atom is 0.305 e. The van der Waals surface area contributed by atoms with Gasteiger partial charge in [0.2, 0.25) is 0 Å². The molecule has 4 heteroatoms. The molecule has 72 valence electrons. The molecule has 3 nitrogen and oxygen atoms in total. The first-order chi connectivity index (χ1) is 6.13. The van der Waals surface area contributed by atoms with Crippen molar-refractivity contribution in [2.45, 2.75) is 25.8 Å². The van der Waals surface area contributed by atoms with Crippen molar-refractivity contribution in [2.24, 2.45) is 5.73 Å². The highest BCUT2D eigenvalue weighted by atomic mass is 32.1. The number of carboxylic acids is 1. The molecule has 0 saturated heterocycles. The summed E-state index contributed by atoms with van der Waals surface area (Å²) in [6.07, 6.45) is 0.980. The van der Waals surface area contributed by atoms with Crippen molar-refractivity contribution in [2.75, 3.05) is 0 Å². The maximum atomic E-state index is 10.4. The molecule has 1 rings (SSSR count). The van der Waals surface area contributed by atoms with E-state index in [0.717, 1.165) is 11.3 Å². The smallest absolute Gasteiger partial charge is 0.305 e. The van der Waals surface area contributed by atoms with Crippen LogP contribution in [-0.2, 0) is 11.2 Å². The van der Waals surface area contributed by atoms with E-state index in [1.165, 1.54) is 4.88 Å². The Morgan fingerprint density at radius 1 is 1.69 bits per heavy atom. The Morgan fingerprint density at radius 3 is 2.85 bits per heavy atom. The Kier molecular flexibility index (Phi) is 3.45. The molecule has 1 aromatic heterocycles. The maximum absolute atomic E-state index is 10.4. The summed E-state index contributed by atoms with van der Waals surface area (Å²) in [6, 6.07) is 3.56. The molecule has 0 aliphatic carbocycles. The molecule has 0 amide bonds. The molecule has 0 unspecified atom stereocenters. The van der Waals surface area contributed by atoms with Crippen molar-refractivity contribution in [1.82, 2.24) is 0 Å². The van der Waals surface area contributed by atoms with Gasteiger partial charge in [-0.2, -0.15) is 0 Å². The van der Waals surface area contributed by atoms with Crippen LogP contribution in [0.2, 0.25) is 0 Å². The first-order valence-electron chi connectivity index (χ1n) is 4.19. The number of nitrogens with two attached hydrogens (primary N) is 1. The Labute approximate surface area is 81.2 Å². The van der Waals surface area contributed by atoms with Gasteiger partial charge in [-0.1, -0.05) is 6.92 Å². The standard InChI is InChI=1S/C9H13NO2S/c1-2-6-3-4-8(13-6)7(10)5-9(11)12/h3-4,7H,2,5,10H2,1H3,(H,11,12)/t7-/m1/s1.